The van der Waals surface area contributed by atoms with Gasteiger partial charge in [-0.05, 0) is 18.4 Å². The summed E-state index contributed by atoms with van der Waals surface area (Å²) in [7, 11) is 0. The van der Waals surface area contributed by atoms with Gasteiger partial charge >= 0.3 is 5.76 Å². The molecular formula is C13H17N5O3. The summed E-state index contributed by atoms with van der Waals surface area (Å²) >= 11 is 0. The highest BCUT2D eigenvalue weighted by Gasteiger charge is 2.31. The molecule has 0 bridgehead atoms. The first-order chi connectivity index (χ1) is 9.77. The summed E-state index contributed by atoms with van der Waals surface area (Å²) in [4.78, 5) is 33.7. The second kappa shape index (κ2) is 5.47. The van der Waals surface area contributed by atoms with Crippen molar-refractivity contribution in [3.63, 3.8) is 0 Å². The van der Waals surface area contributed by atoms with Crippen molar-refractivity contribution in [2.45, 2.75) is 33.7 Å². The van der Waals surface area contributed by atoms with Crippen LogP contribution >= 0.6 is 0 Å². The molecule has 0 aliphatic carbocycles. The van der Waals surface area contributed by atoms with Gasteiger partial charge in [-0.3, -0.25) is 14.3 Å². The molecule has 0 unspecified atom stereocenters. The zero-order valence-electron chi connectivity index (χ0n) is 12.3. The predicted octanol–water partition coefficient (Wildman–Crippen LogP) is 0.979. The van der Waals surface area contributed by atoms with Gasteiger partial charge in [0.25, 0.3) is 5.91 Å². The number of hydrogen-bond donors (Lipinski definition) is 2. The average Bonchev–Trinajstić information content (AvgIpc) is 2.80. The molecule has 1 atom stereocenters. The Balaban J connectivity index is 2.28. The van der Waals surface area contributed by atoms with E-state index in [1.807, 2.05) is 20.8 Å². The van der Waals surface area contributed by atoms with Crippen LogP contribution in [-0.4, -0.2) is 26.0 Å². The summed E-state index contributed by atoms with van der Waals surface area (Å²) in [5.41, 5.74) is 0.567. The average molecular weight is 291 g/mol. The minimum Gasteiger partial charge on any atom is -0.340 e. The lowest BCUT2D eigenvalue weighted by Crippen LogP contribution is -2.38. The van der Waals surface area contributed by atoms with Crippen molar-refractivity contribution in [2.24, 2.45) is 5.41 Å². The van der Waals surface area contributed by atoms with Crippen molar-refractivity contribution in [1.29, 1.82) is 0 Å². The van der Waals surface area contributed by atoms with Gasteiger partial charge in [0.1, 0.15) is 12.0 Å². The smallest absolute Gasteiger partial charge is 0.340 e. The quantitative estimate of drug-likeness (QED) is 0.871. The first-order valence-electron chi connectivity index (χ1n) is 6.43. The van der Waals surface area contributed by atoms with E-state index in [4.69, 9.17) is 0 Å². The molecule has 8 heteroatoms. The fraction of sp³-hybridized carbons (Fsp3) is 0.462. The molecule has 2 rings (SSSR count). The third kappa shape index (κ3) is 3.53. The molecule has 0 radical (unpaired) electrons. The van der Waals surface area contributed by atoms with E-state index in [0.29, 0.717) is 5.69 Å². The molecule has 0 saturated heterocycles. The Hall–Kier alpha value is -2.51. The maximum absolute atomic E-state index is 12.3. The molecule has 2 aromatic heterocycles. The molecule has 1 amide bonds. The van der Waals surface area contributed by atoms with Crippen molar-refractivity contribution in [2.75, 3.05) is 0 Å². The van der Waals surface area contributed by atoms with Crippen LogP contribution in [-0.2, 0) is 0 Å². The van der Waals surface area contributed by atoms with Crippen LogP contribution < -0.4 is 11.1 Å². The molecule has 2 N–H and O–H groups in total. The number of rotatable bonds is 3. The number of aromatic nitrogens is 4. The Labute approximate surface area is 121 Å². The van der Waals surface area contributed by atoms with Gasteiger partial charge in [0.05, 0.1) is 6.04 Å². The van der Waals surface area contributed by atoms with Gasteiger partial charge in [-0.15, -0.1) is 0 Å². The second-order valence-electron chi connectivity index (χ2n) is 5.80. The standard InChI is InChI=1S/C13H17N5O3/c1-7-5-8(15-6-14-7)11(19)16-9(13(2,3)4)10-17-12(20)21-18-10/h5-6,9H,1-4H3,(H,16,19)(H,17,18,20)/t9-/m1/s1. The topological polar surface area (TPSA) is 114 Å². The lowest BCUT2D eigenvalue weighted by Gasteiger charge is -2.28. The zero-order chi connectivity index (χ0) is 15.6. The van der Waals surface area contributed by atoms with Crippen molar-refractivity contribution >= 4 is 5.91 Å². The van der Waals surface area contributed by atoms with Crippen molar-refractivity contribution in [1.82, 2.24) is 25.4 Å². The van der Waals surface area contributed by atoms with E-state index < -0.39 is 11.8 Å². The summed E-state index contributed by atoms with van der Waals surface area (Å²) in [6.45, 7) is 7.51. The van der Waals surface area contributed by atoms with Crippen LogP contribution in [0.3, 0.4) is 0 Å². The Morgan fingerprint density at radius 2 is 2.10 bits per heavy atom. The third-order valence-electron chi connectivity index (χ3n) is 2.91. The summed E-state index contributed by atoms with van der Waals surface area (Å²) in [5, 5.41) is 6.46. The predicted molar refractivity (Wildman–Crippen MR) is 73.6 cm³/mol. The second-order valence-corrected chi connectivity index (χ2v) is 5.80. The van der Waals surface area contributed by atoms with Gasteiger partial charge in [0.15, 0.2) is 5.82 Å². The van der Waals surface area contributed by atoms with E-state index in [1.165, 1.54) is 6.33 Å². The number of aromatic amines is 1. The summed E-state index contributed by atoms with van der Waals surface area (Å²) in [6, 6.07) is 1.06. The number of nitrogens with zero attached hydrogens (tertiary/aromatic N) is 3. The van der Waals surface area contributed by atoms with Gasteiger partial charge in [-0.25, -0.2) is 14.8 Å². The van der Waals surface area contributed by atoms with Gasteiger partial charge in [0, 0.05) is 5.69 Å². The Morgan fingerprint density at radius 3 is 2.62 bits per heavy atom. The third-order valence-corrected chi connectivity index (χ3v) is 2.91. The summed E-state index contributed by atoms with van der Waals surface area (Å²) < 4.78 is 4.51. The molecule has 0 aromatic carbocycles. The van der Waals surface area contributed by atoms with Crippen LogP contribution in [0.25, 0.3) is 0 Å². The number of hydrogen-bond acceptors (Lipinski definition) is 6. The molecule has 0 aliphatic heterocycles. The first kappa shape index (κ1) is 14.9. The molecule has 0 aliphatic rings. The molecular weight excluding hydrogens is 274 g/mol. The van der Waals surface area contributed by atoms with Gasteiger partial charge in [-0.1, -0.05) is 25.9 Å². The number of carbonyl (C=O) groups is 1. The lowest BCUT2D eigenvalue weighted by molar-refractivity contribution is 0.0890. The molecule has 0 spiro atoms. The Kier molecular flexibility index (Phi) is 3.88. The van der Waals surface area contributed by atoms with E-state index in [2.05, 4.69) is 29.9 Å². The molecule has 112 valence electrons. The van der Waals surface area contributed by atoms with Crippen molar-refractivity contribution < 1.29 is 9.32 Å². The van der Waals surface area contributed by atoms with Crippen LogP contribution in [0.1, 0.15) is 48.8 Å². The van der Waals surface area contributed by atoms with Crippen molar-refractivity contribution in [3.05, 3.63) is 40.2 Å². The number of amides is 1. The zero-order valence-corrected chi connectivity index (χ0v) is 12.3. The van der Waals surface area contributed by atoms with Gasteiger partial charge in [-0.2, -0.15) is 0 Å². The number of aryl methyl sites for hydroxylation is 1. The highest BCUT2D eigenvalue weighted by atomic mass is 16.5. The molecule has 8 nitrogen and oxygen atoms in total. The highest BCUT2D eigenvalue weighted by molar-refractivity contribution is 5.92. The molecule has 2 heterocycles. The van der Waals surface area contributed by atoms with Crippen LogP contribution in [0.4, 0.5) is 0 Å². The molecule has 0 saturated carbocycles. The van der Waals surface area contributed by atoms with E-state index in [1.54, 1.807) is 13.0 Å². The fourth-order valence-corrected chi connectivity index (χ4v) is 1.84. The van der Waals surface area contributed by atoms with Crippen LogP contribution in [0, 0.1) is 12.3 Å². The van der Waals surface area contributed by atoms with Gasteiger partial charge in [0.2, 0.25) is 0 Å². The monoisotopic (exact) mass is 291 g/mol. The highest BCUT2D eigenvalue weighted by Crippen LogP contribution is 2.30. The maximum Gasteiger partial charge on any atom is 0.438 e. The Bertz CT molecular complexity index is 698. The minimum absolute atomic E-state index is 0.252. The van der Waals surface area contributed by atoms with E-state index in [0.717, 1.165) is 0 Å². The largest absolute Gasteiger partial charge is 0.438 e. The van der Waals surface area contributed by atoms with Crippen molar-refractivity contribution in [3.8, 4) is 0 Å². The van der Waals surface area contributed by atoms with Crippen LogP contribution in [0.2, 0.25) is 0 Å². The number of nitrogens with one attached hydrogen (secondary N) is 2. The van der Waals surface area contributed by atoms with E-state index >= 15 is 0 Å². The van der Waals surface area contributed by atoms with E-state index in [9.17, 15) is 9.59 Å². The SMILES string of the molecule is Cc1cc(C(=O)N[C@H](c2noc(=O)[nH]2)C(C)(C)C)ncn1. The van der Waals surface area contributed by atoms with Crippen LogP contribution in [0.15, 0.2) is 21.7 Å². The molecule has 2 aromatic rings. The first-order valence-corrected chi connectivity index (χ1v) is 6.43. The molecule has 21 heavy (non-hydrogen) atoms. The Morgan fingerprint density at radius 1 is 1.38 bits per heavy atom. The maximum atomic E-state index is 12.3. The van der Waals surface area contributed by atoms with E-state index in [-0.39, 0.29) is 22.8 Å². The number of carbonyl (C=O) groups excluding carboxylic acids is 1. The minimum atomic E-state index is -0.661. The number of H-pyrrole nitrogens is 1. The lowest BCUT2D eigenvalue weighted by atomic mass is 9.86. The normalized spacial score (nSPS) is 13.0. The summed E-state index contributed by atoms with van der Waals surface area (Å²) in [5.74, 6) is -0.762. The van der Waals surface area contributed by atoms with Gasteiger partial charge < -0.3 is 5.32 Å². The van der Waals surface area contributed by atoms with Crippen LogP contribution in [0.5, 0.6) is 0 Å². The molecule has 0 fully saturated rings. The fourth-order valence-electron chi connectivity index (χ4n) is 1.84. The summed E-state index contributed by atoms with van der Waals surface area (Å²) in [6.07, 6.45) is 1.33.